The number of aliphatic imine (C=N–C) groups is 1. The molecule has 0 bridgehead atoms. The summed E-state index contributed by atoms with van der Waals surface area (Å²) in [6.07, 6.45) is 4.20. The molecule has 1 aromatic heterocycles. The van der Waals surface area contributed by atoms with Crippen LogP contribution in [0.4, 0.5) is 5.69 Å². The Morgan fingerprint density at radius 3 is 2.79 bits per heavy atom. The maximum atomic E-state index is 13.0. The van der Waals surface area contributed by atoms with Gasteiger partial charge >= 0.3 is 0 Å². The molecule has 0 spiro atoms. The Labute approximate surface area is 200 Å². The predicted molar refractivity (Wildman–Crippen MR) is 135 cm³/mol. The van der Waals surface area contributed by atoms with Crippen LogP contribution >= 0.6 is 0 Å². The third-order valence-corrected chi connectivity index (χ3v) is 6.48. The highest BCUT2D eigenvalue weighted by Crippen LogP contribution is 2.31. The highest BCUT2D eigenvalue weighted by atomic mass is 16.5. The molecule has 0 saturated carbocycles. The third kappa shape index (κ3) is 4.96. The Kier molecular flexibility index (Phi) is 6.30. The molecule has 34 heavy (non-hydrogen) atoms. The van der Waals surface area contributed by atoms with Crippen LogP contribution in [0.15, 0.2) is 65.8 Å². The molecule has 1 atom stereocenters. The van der Waals surface area contributed by atoms with Crippen LogP contribution in [0.5, 0.6) is 11.5 Å². The number of aryl methyl sites for hydroxylation is 1. The van der Waals surface area contributed by atoms with E-state index in [2.05, 4.69) is 58.7 Å². The molecule has 1 amide bonds. The minimum Gasteiger partial charge on any atom is -0.457 e. The lowest BCUT2D eigenvalue weighted by molar-refractivity contribution is -0.120. The van der Waals surface area contributed by atoms with E-state index in [0.717, 1.165) is 54.6 Å². The van der Waals surface area contributed by atoms with Crippen molar-refractivity contribution in [3.05, 3.63) is 83.2 Å². The van der Waals surface area contributed by atoms with Crippen molar-refractivity contribution in [3.8, 4) is 11.5 Å². The molecule has 6 nitrogen and oxygen atoms in total. The summed E-state index contributed by atoms with van der Waals surface area (Å²) in [7, 11) is 0. The lowest BCUT2D eigenvalue weighted by atomic mass is 9.83. The molecule has 0 fully saturated rings. The number of hydrogen-bond donors (Lipinski definition) is 2. The van der Waals surface area contributed by atoms with E-state index >= 15 is 0 Å². The van der Waals surface area contributed by atoms with Crippen molar-refractivity contribution in [2.24, 2.45) is 10.9 Å². The number of pyridine rings is 1. The molecule has 2 aliphatic rings. The van der Waals surface area contributed by atoms with Gasteiger partial charge in [-0.15, -0.1) is 0 Å². The van der Waals surface area contributed by atoms with Gasteiger partial charge in [0.05, 0.1) is 6.54 Å². The zero-order chi connectivity index (χ0) is 23.5. The van der Waals surface area contributed by atoms with E-state index in [1.807, 2.05) is 30.3 Å². The number of benzene rings is 2. The summed E-state index contributed by atoms with van der Waals surface area (Å²) in [5, 5.41) is 6.37. The molecule has 0 radical (unpaired) electrons. The number of amidine groups is 1. The minimum atomic E-state index is -0.0514. The first-order valence-corrected chi connectivity index (χ1v) is 12.0. The summed E-state index contributed by atoms with van der Waals surface area (Å²) in [4.78, 5) is 21.9. The van der Waals surface area contributed by atoms with Crippen molar-refractivity contribution < 1.29 is 9.53 Å². The van der Waals surface area contributed by atoms with Gasteiger partial charge in [0.25, 0.3) is 0 Å². The monoisotopic (exact) mass is 454 g/mol. The average molecular weight is 455 g/mol. The fourth-order valence-corrected chi connectivity index (χ4v) is 4.55. The number of ether oxygens (including phenoxy) is 1. The second-order valence-corrected chi connectivity index (χ2v) is 9.28. The van der Waals surface area contributed by atoms with Crippen molar-refractivity contribution >= 4 is 17.4 Å². The van der Waals surface area contributed by atoms with Crippen LogP contribution in [0.2, 0.25) is 0 Å². The number of amides is 1. The van der Waals surface area contributed by atoms with Gasteiger partial charge in [-0.25, -0.2) is 0 Å². The third-order valence-electron chi connectivity index (χ3n) is 6.48. The zero-order valence-corrected chi connectivity index (χ0v) is 19.7. The second kappa shape index (κ2) is 9.67. The van der Waals surface area contributed by atoms with Crippen LogP contribution < -0.4 is 15.4 Å². The van der Waals surface area contributed by atoms with Gasteiger partial charge < -0.3 is 15.4 Å². The SMILES string of the molecule is CC(C)c1cccc(NC(=O)C2CCc3ccc(Oc4ccnc(C5=NCCN5)c4)cc3C2)c1. The van der Waals surface area contributed by atoms with E-state index < -0.39 is 0 Å². The van der Waals surface area contributed by atoms with Crippen molar-refractivity contribution in [2.45, 2.75) is 39.0 Å². The topological polar surface area (TPSA) is 75.6 Å². The molecular weight excluding hydrogens is 424 g/mol. The number of aromatic nitrogens is 1. The molecule has 2 aromatic carbocycles. The summed E-state index contributed by atoms with van der Waals surface area (Å²) in [6.45, 7) is 5.92. The van der Waals surface area contributed by atoms with E-state index in [-0.39, 0.29) is 11.8 Å². The lowest BCUT2D eigenvalue weighted by Crippen LogP contribution is -2.28. The van der Waals surface area contributed by atoms with Crippen molar-refractivity contribution in [1.82, 2.24) is 10.3 Å². The molecule has 174 valence electrons. The lowest BCUT2D eigenvalue weighted by Gasteiger charge is -2.24. The van der Waals surface area contributed by atoms with Gasteiger partial charge in [0.2, 0.25) is 5.91 Å². The maximum absolute atomic E-state index is 13.0. The maximum Gasteiger partial charge on any atom is 0.227 e. The fourth-order valence-electron chi connectivity index (χ4n) is 4.55. The Hall–Kier alpha value is -3.67. The van der Waals surface area contributed by atoms with Gasteiger partial charge in [-0.05, 0) is 72.2 Å². The van der Waals surface area contributed by atoms with Crippen molar-refractivity contribution in [2.75, 3.05) is 18.4 Å². The summed E-state index contributed by atoms with van der Waals surface area (Å²) < 4.78 is 6.15. The number of nitrogens with one attached hydrogen (secondary N) is 2. The standard InChI is InChI=1S/C28H30N4O2/c1-18(2)20-4-3-5-23(15-20)32-28(33)21-7-6-19-8-9-24(16-22(19)14-21)34-25-10-11-29-26(17-25)27-30-12-13-31-27/h3-5,8-11,15-18,21H,6-7,12-14H2,1-2H3,(H,30,31)(H,32,33). The summed E-state index contributed by atoms with van der Waals surface area (Å²) in [6, 6.07) is 18.1. The first kappa shape index (κ1) is 22.1. The van der Waals surface area contributed by atoms with Crippen LogP contribution in [0, 0.1) is 5.92 Å². The number of carbonyl (C=O) groups is 1. The Morgan fingerprint density at radius 2 is 1.97 bits per heavy atom. The Morgan fingerprint density at radius 1 is 1.09 bits per heavy atom. The highest BCUT2D eigenvalue weighted by Gasteiger charge is 2.25. The summed E-state index contributed by atoms with van der Waals surface area (Å²) in [5.74, 6) is 2.75. The molecule has 6 heteroatoms. The number of fused-ring (bicyclic) bond motifs is 1. The zero-order valence-electron chi connectivity index (χ0n) is 19.7. The number of anilines is 1. The molecule has 2 heterocycles. The van der Waals surface area contributed by atoms with Gasteiger partial charge in [0.1, 0.15) is 23.0 Å². The van der Waals surface area contributed by atoms with Crippen LogP contribution in [0.3, 0.4) is 0 Å². The molecular formula is C28H30N4O2. The largest absolute Gasteiger partial charge is 0.457 e. The second-order valence-electron chi connectivity index (χ2n) is 9.28. The molecule has 0 saturated heterocycles. The Balaban J connectivity index is 1.27. The number of nitrogens with zero attached hydrogens (tertiary/aromatic N) is 2. The van der Waals surface area contributed by atoms with Crippen LogP contribution in [0.1, 0.15) is 48.6 Å². The fraction of sp³-hybridized carbons (Fsp3) is 0.321. The van der Waals surface area contributed by atoms with E-state index in [1.54, 1.807) is 6.20 Å². The van der Waals surface area contributed by atoms with E-state index in [0.29, 0.717) is 12.3 Å². The number of rotatable bonds is 6. The highest BCUT2D eigenvalue weighted by molar-refractivity contribution is 5.98. The van der Waals surface area contributed by atoms with E-state index in [1.165, 1.54) is 16.7 Å². The number of hydrogen-bond acceptors (Lipinski definition) is 5. The van der Waals surface area contributed by atoms with E-state index in [9.17, 15) is 4.79 Å². The summed E-state index contributed by atoms with van der Waals surface area (Å²) in [5.41, 5.74) is 5.35. The van der Waals surface area contributed by atoms with E-state index in [4.69, 9.17) is 4.74 Å². The predicted octanol–water partition coefficient (Wildman–Crippen LogP) is 5.09. The molecule has 1 aliphatic heterocycles. The van der Waals surface area contributed by atoms with Gasteiger partial charge in [-0.3, -0.25) is 14.8 Å². The number of carbonyl (C=O) groups excluding carboxylic acids is 1. The molecule has 1 unspecified atom stereocenters. The minimum absolute atomic E-state index is 0.0514. The quantitative estimate of drug-likeness (QED) is 0.544. The normalized spacial score (nSPS) is 17.0. The molecule has 3 aromatic rings. The first-order chi connectivity index (χ1) is 16.5. The Bertz CT molecular complexity index is 1230. The molecule has 5 rings (SSSR count). The molecule has 1 aliphatic carbocycles. The van der Waals surface area contributed by atoms with Crippen LogP contribution in [-0.4, -0.2) is 29.8 Å². The van der Waals surface area contributed by atoms with Gasteiger partial charge in [-0.2, -0.15) is 0 Å². The van der Waals surface area contributed by atoms with Crippen molar-refractivity contribution in [3.63, 3.8) is 0 Å². The van der Waals surface area contributed by atoms with Gasteiger partial charge in [0, 0.05) is 30.4 Å². The van der Waals surface area contributed by atoms with Crippen molar-refractivity contribution in [1.29, 1.82) is 0 Å². The average Bonchev–Trinajstić information content (AvgIpc) is 3.39. The first-order valence-electron chi connectivity index (χ1n) is 12.0. The van der Waals surface area contributed by atoms with Crippen LogP contribution in [-0.2, 0) is 17.6 Å². The van der Waals surface area contributed by atoms with Crippen LogP contribution in [0.25, 0.3) is 0 Å². The van der Waals surface area contributed by atoms with Gasteiger partial charge in [-0.1, -0.05) is 32.0 Å². The smallest absolute Gasteiger partial charge is 0.227 e. The van der Waals surface area contributed by atoms with Gasteiger partial charge in [0.15, 0.2) is 0 Å². The summed E-state index contributed by atoms with van der Waals surface area (Å²) >= 11 is 0. The molecule has 2 N–H and O–H groups in total.